The number of amides is 1. The number of piperazine rings is 1. The Morgan fingerprint density at radius 3 is 2.64 bits per heavy atom. The molecule has 116 valence electrons. The van der Waals surface area contributed by atoms with E-state index in [1.54, 1.807) is 6.92 Å². The number of hydrogen-bond donors (Lipinski definition) is 0. The molecule has 0 N–H and O–H groups in total. The van der Waals surface area contributed by atoms with Crippen LogP contribution in [0.3, 0.4) is 0 Å². The van der Waals surface area contributed by atoms with Gasteiger partial charge in [0.2, 0.25) is 5.91 Å². The minimum Gasteiger partial charge on any atom is -0.340 e. The third-order valence-corrected chi connectivity index (χ3v) is 5.32. The maximum atomic E-state index is 11.4. The van der Waals surface area contributed by atoms with Crippen LogP contribution in [0.4, 0.5) is 0 Å². The molecule has 0 radical (unpaired) electrons. The Balaban J connectivity index is 1.62. The van der Waals surface area contributed by atoms with Gasteiger partial charge < -0.3 is 4.90 Å². The highest BCUT2D eigenvalue weighted by atomic mass is 35.5. The first kappa shape index (κ1) is 15.5. The van der Waals surface area contributed by atoms with Crippen LogP contribution in [-0.4, -0.2) is 41.9 Å². The Hall–Kier alpha value is -1.36. The zero-order valence-corrected chi connectivity index (χ0v) is 14.2. The highest BCUT2D eigenvalue weighted by molar-refractivity contribution is 7.15. The molecule has 0 aliphatic carbocycles. The van der Waals surface area contributed by atoms with Gasteiger partial charge in [-0.2, -0.15) is 0 Å². The molecule has 1 aliphatic heterocycles. The highest BCUT2D eigenvalue weighted by Gasteiger charge is 2.19. The molecule has 1 amide bonds. The molecule has 2 aromatic rings. The van der Waals surface area contributed by atoms with Crippen LogP contribution in [-0.2, 0) is 11.3 Å². The lowest BCUT2D eigenvalue weighted by atomic mass is 10.2. The van der Waals surface area contributed by atoms with Gasteiger partial charge in [0.05, 0.1) is 0 Å². The van der Waals surface area contributed by atoms with Gasteiger partial charge in [-0.1, -0.05) is 23.7 Å². The van der Waals surface area contributed by atoms with Crippen LogP contribution in [0, 0.1) is 0 Å². The van der Waals surface area contributed by atoms with E-state index in [0.29, 0.717) is 0 Å². The zero-order valence-electron chi connectivity index (χ0n) is 12.6. The maximum Gasteiger partial charge on any atom is 0.219 e. The first-order valence-electron chi connectivity index (χ1n) is 7.44. The van der Waals surface area contributed by atoms with Crippen molar-refractivity contribution >= 4 is 28.8 Å². The lowest BCUT2D eigenvalue weighted by molar-refractivity contribution is -0.130. The molecule has 3 rings (SSSR count). The molecule has 0 atom stereocenters. The Bertz CT molecular complexity index is 662. The SMILES string of the molecule is CC(=O)N1CCN(Cc2ccc(-c3cccc(Cl)c3)s2)CC1. The quantitative estimate of drug-likeness (QED) is 0.853. The van der Waals surface area contributed by atoms with E-state index in [1.807, 2.05) is 34.4 Å². The lowest BCUT2D eigenvalue weighted by Crippen LogP contribution is -2.47. The molecule has 1 fully saturated rings. The standard InChI is InChI=1S/C17H19ClN2OS/c1-13(21)20-9-7-19(8-10-20)12-16-5-6-17(22-16)14-3-2-4-15(18)11-14/h2-6,11H,7-10,12H2,1H3. The number of benzene rings is 1. The molecular weight excluding hydrogens is 316 g/mol. The summed E-state index contributed by atoms with van der Waals surface area (Å²) in [4.78, 5) is 18.3. The van der Waals surface area contributed by atoms with Crippen molar-refractivity contribution in [2.45, 2.75) is 13.5 Å². The summed E-state index contributed by atoms with van der Waals surface area (Å²) >= 11 is 7.88. The smallest absolute Gasteiger partial charge is 0.219 e. The van der Waals surface area contributed by atoms with Crippen LogP contribution in [0.25, 0.3) is 10.4 Å². The van der Waals surface area contributed by atoms with Crippen LogP contribution in [0.5, 0.6) is 0 Å². The summed E-state index contributed by atoms with van der Waals surface area (Å²) in [7, 11) is 0. The van der Waals surface area contributed by atoms with E-state index in [2.05, 4.69) is 23.1 Å². The Morgan fingerprint density at radius 2 is 1.95 bits per heavy atom. The molecule has 3 nitrogen and oxygen atoms in total. The summed E-state index contributed by atoms with van der Waals surface area (Å²) in [6.45, 7) is 6.17. The predicted molar refractivity (Wildman–Crippen MR) is 92.3 cm³/mol. The highest BCUT2D eigenvalue weighted by Crippen LogP contribution is 2.30. The largest absolute Gasteiger partial charge is 0.340 e. The third kappa shape index (κ3) is 3.69. The molecule has 0 spiro atoms. The van der Waals surface area contributed by atoms with E-state index in [4.69, 9.17) is 11.6 Å². The van der Waals surface area contributed by atoms with Crippen molar-refractivity contribution in [3.63, 3.8) is 0 Å². The van der Waals surface area contributed by atoms with E-state index >= 15 is 0 Å². The van der Waals surface area contributed by atoms with Gasteiger partial charge in [0.1, 0.15) is 0 Å². The molecule has 0 unspecified atom stereocenters. The number of hydrogen-bond acceptors (Lipinski definition) is 3. The second kappa shape index (κ2) is 6.82. The minimum absolute atomic E-state index is 0.180. The fourth-order valence-corrected chi connectivity index (χ4v) is 3.94. The third-order valence-electron chi connectivity index (χ3n) is 3.97. The molecular formula is C17H19ClN2OS. The topological polar surface area (TPSA) is 23.6 Å². The van der Waals surface area contributed by atoms with Gasteiger partial charge in [-0.05, 0) is 29.8 Å². The van der Waals surface area contributed by atoms with Gasteiger partial charge in [-0.3, -0.25) is 9.69 Å². The monoisotopic (exact) mass is 334 g/mol. The summed E-state index contributed by atoms with van der Waals surface area (Å²) < 4.78 is 0. The fourth-order valence-electron chi connectivity index (χ4n) is 2.70. The van der Waals surface area contributed by atoms with Crippen molar-refractivity contribution in [2.24, 2.45) is 0 Å². The van der Waals surface area contributed by atoms with E-state index in [0.717, 1.165) is 37.7 Å². The van der Waals surface area contributed by atoms with Crippen molar-refractivity contribution in [2.75, 3.05) is 26.2 Å². The molecule has 0 bridgehead atoms. The maximum absolute atomic E-state index is 11.4. The van der Waals surface area contributed by atoms with Gasteiger partial charge >= 0.3 is 0 Å². The molecule has 0 saturated carbocycles. The number of halogens is 1. The van der Waals surface area contributed by atoms with E-state index in [-0.39, 0.29) is 5.91 Å². The second-order valence-corrected chi connectivity index (χ2v) is 7.16. The van der Waals surface area contributed by atoms with E-state index < -0.39 is 0 Å². The van der Waals surface area contributed by atoms with Crippen molar-refractivity contribution in [3.05, 3.63) is 46.3 Å². The predicted octanol–water partition coefficient (Wildman–Crippen LogP) is 3.73. The lowest BCUT2D eigenvalue weighted by Gasteiger charge is -2.33. The van der Waals surface area contributed by atoms with E-state index in [1.165, 1.54) is 15.3 Å². The Kier molecular flexibility index (Phi) is 4.81. The number of carbonyl (C=O) groups excluding carboxylic acids is 1. The summed E-state index contributed by atoms with van der Waals surface area (Å²) in [5, 5.41) is 0.771. The molecule has 5 heteroatoms. The zero-order chi connectivity index (χ0) is 15.5. The van der Waals surface area contributed by atoms with Crippen LogP contribution >= 0.6 is 22.9 Å². The van der Waals surface area contributed by atoms with Crippen molar-refractivity contribution in [3.8, 4) is 10.4 Å². The second-order valence-electron chi connectivity index (χ2n) is 5.56. The number of thiophene rings is 1. The van der Waals surface area contributed by atoms with Crippen LogP contribution in [0.15, 0.2) is 36.4 Å². The van der Waals surface area contributed by atoms with Gasteiger partial charge in [0.15, 0.2) is 0 Å². The van der Waals surface area contributed by atoms with Crippen molar-refractivity contribution < 1.29 is 4.79 Å². The molecule has 22 heavy (non-hydrogen) atoms. The summed E-state index contributed by atoms with van der Waals surface area (Å²) in [6, 6.07) is 12.3. The van der Waals surface area contributed by atoms with Crippen LogP contribution in [0.1, 0.15) is 11.8 Å². The first-order chi connectivity index (χ1) is 10.6. The molecule has 2 heterocycles. The van der Waals surface area contributed by atoms with Gasteiger partial charge in [0, 0.05) is 54.4 Å². The molecule has 1 aliphatic rings. The summed E-state index contributed by atoms with van der Waals surface area (Å²) in [5.74, 6) is 0.180. The van der Waals surface area contributed by atoms with Gasteiger partial charge in [-0.25, -0.2) is 0 Å². The minimum atomic E-state index is 0.180. The Labute approximate surface area is 140 Å². The number of carbonyl (C=O) groups is 1. The van der Waals surface area contributed by atoms with Gasteiger partial charge in [-0.15, -0.1) is 11.3 Å². The van der Waals surface area contributed by atoms with Gasteiger partial charge in [0.25, 0.3) is 0 Å². The van der Waals surface area contributed by atoms with E-state index in [9.17, 15) is 4.79 Å². The van der Waals surface area contributed by atoms with Crippen LogP contribution < -0.4 is 0 Å². The van der Waals surface area contributed by atoms with Crippen molar-refractivity contribution in [1.29, 1.82) is 0 Å². The summed E-state index contributed by atoms with van der Waals surface area (Å²) in [5.41, 5.74) is 1.17. The number of nitrogens with zero attached hydrogens (tertiary/aromatic N) is 2. The molecule has 1 aromatic carbocycles. The molecule has 1 aromatic heterocycles. The van der Waals surface area contributed by atoms with Crippen LogP contribution in [0.2, 0.25) is 5.02 Å². The summed E-state index contributed by atoms with van der Waals surface area (Å²) in [6.07, 6.45) is 0. The normalized spacial score (nSPS) is 16.0. The number of rotatable bonds is 3. The Morgan fingerprint density at radius 1 is 1.18 bits per heavy atom. The average Bonchev–Trinajstić information content (AvgIpc) is 2.96. The fraction of sp³-hybridized carbons (Fsp3) is 0.353. The molecule has 1 saturated heterocycles. The van der Waals surface area contributed by atoms with Crippen molar-refractivity contribution in [1.82, 2.24) is 9.80 Å². The first-order valence-corrected chi connectivity index (χ1v) is 8.64. The average molecular weight is 335 g/mol.